The van der Waals surface area contributed by atoms with E-state index in [2.05, 4.69) is 24.8 Å². The van der Waals surface area contributed by atoms with Crippen LogP contribution in [-0.2, 0) is 0 Å². The van der Waals surface area contributed by atoms with Crippen molar-refractivity contribution in [3.05, 3.63) is 11.8 Å². The topological polar surface area (TPSA) is 3.24 Å². The molecule has 1 radical (unpaired) electrons. The van der Waals surface area contributed by atoms with E-state index in [4.69, 9.17) is 0 Å². The summed E-state index contributed by atoms with van der Waals surface area (Å²) in [4.78, 5) is 2.40. The number of hydrogen-bond donors (Lipinski definition) is 0. The maximum absolute atomic E-state index is 3.40. The maximum atomic E-state index is 3.40. The van der Waals surface area contributed by atoms with Gasteiger partial charge in [-0.2, -0.15) is 0 Å². The molecule has 0 aromatic carbocycles. The van der Waals surface area contributed by atoms with Gasteiger partial charge < -0.3 is 4.90 Å². The van der Waals surface area contributed by atoms with Gasteiger partial charge >= 0.3 is 0 Å². The van der Waals surface area contributed by atoms with Crippen LogP contribution in [0.25, 0.3) is 0 Å². The van der Waals surface area contributed by atoms with Crippen molar-refractivity contribution >= 4 is 0 Å². The summed E-state index contributed by atoms with van der Waals surface area (Å²) in [6.07, 6.45) is 7.14. The van der Waals surface area contributed by atoms with E-state index in [1.165, 1.54) is 25.0 Å². The molecule has 0 spiro atoms. The summed E-state index contributed by atoms with van der Waals surface area (Å²) in [5, 5.41) is 0. The lowest BCUT2D eigenvalue weighted by Gasteiger charge is -2.21. The van der Waals surface area contributed by atoms with Crippen molar-refractivity contribution < 1.29 is 0 Å². The highest BCUT2D eigenvalue weighted by molar-refractivity contribution is 5.00. The second-order valence-corrected chi connectivity index (χ2v) is 2.65. The molecule has 1 aliphatic carbocycles. The van der Waals surface area contributed by atoms with Crippen LogP contribution in [0.5, 0.6) is 0 Å². The molecule has 0 amide bonds. The van der Waals surface area contributed by atoms with Gasteiger partial charge in [0.05, 0.1) is 0 Å². The first kappa shape index (κ1) is 7.64. The Kier molecular flexibility index (Phi) is 2.79. The van der Waals surface area contributed by atoms with Crippen LogP contribution in [-0.4, -0.2) is 18.0 Å². The maximum Gasteiger partial charge on any atom is 0.0168 e. The van der Waals surface area contributed by atoms with Crippen molar-refractivity contribution in [2.45, 2.75) is 33.1 Å². The highest BCUT2D eigenvalue weighted by Gasteiger charge is 2.09. The summed E-state index contributed by atoms with van der Waals surface area (Å²) < 4.78 is 0. The lowest BCUT2D eigenvalue weighted by atomic mass is 10.3. The third-order valence-corrected chi connectivity index (χ3v) is 2.06. The Hall–Kier alpha value is -0.460. The average Bonchev–Trinajstić information content (AvgIpc) is 2.43. The second kappa shape index (κ2) is 3.65. The highest BCUT2D eigenvalue weighted by atomic mass is 15.1. The Morgan fingerprint density at radius 1 is 1.40 bits per heavy atom. The fraction of sp³-hybridized carbons (Fsp3) is 0.778. The van der Waals surface area contributed by atoms with Crippen molar-refractivity contribution in [1.29, 1.82) is 0 Å². The Labute approximate surface area is 63.7 Å². The van der Waals surface area contributed by atoms with Crippen LogP contribution in [0.2, 0.25) is 0 Å². The summed E-state index contributed by atoms with van der Waals surface area (Å²) in [5.41, 5.74) is 1.45. The predicted octanol–water partition coefficient (Wildman–Crippen LogP) is 2.20. The van der Waals surface area contributed by atoms with Gasteiger partial charge in [0.1, 0.15) is 0 Å². The van der Waals surface area contributed by atoms with Gasteiger partial charge in [0.2, 0.25) is 0 Å². The molecule has 0 heterocycles. The van der Waals surface area contributed by atoms with Crippen molar-refractivity contribution in [2.75, 3.05) is 13.1 Å². The second-order valence-electron chi connectivity index (χ2n) is 2.65. The predicted molar refractivity (Wildman–Crippen MR) is 43.5 cm³/mol. The molecular weight excluding hydrogens is 122 g/mol. The third-order valence-electron chi connectivity index (χ3n) is 2.06. The number of allylic oxidation sites excluding steroid dienone is 2. The number of hydrogen-bond acceptors (Lipinski definition) is 1. The molecule has 1 heteroatoms. The summed E-state index contributed by atoms with van der Waals surface area (Å²) in [6, 6.07) is 0. The molecule has 0 saturated heterocycles. The van der Waals surface area contributed by atoms with E-state index in [0.29, 0.717) is 0 Å². The van der Waals surface area contributed by atoms with E-state index in [-0.39, 0.29) is 0 Å². The minimum Gasteiger partial charge on any atom is -0.375 e. The number of nitrogens with zero attached hydrogens (tertiary/aromatic N) is 1. The van der Waals surface area contributed by atoms with E-state index in [1.54, 1.807) is 0 Å². The summed E-state index contributed by atoms with van der Waals surface area (Å²) in [7, 11) is 0. The van der Waals surface area contributed by atoms with Gasteiger partial charge in [-0.3, -0.25) is 0 Å². The van der Waals surface area contributed by atoms with E-state index < -0.39 is 0 Å². The first-order valence-electron chi connectivity index (χ1n) is 4.23. The van der Waals surface area contributed by atoms with Crippen molar-refractivity contribution in [3.8, 4) is 0 Å². The fourth-order valence-electron chi connectivity index (χ4n) is 1.45. The summed E-state index contributed by atoms with van der Waals surface area (Å²) >= 11 is 0. The van der Waals surface area contributed by atoms with Gasteiger partial charge in [-0.05, 0) is 39.2 Å². The molecule has 0 aliphatic heterocycles. The first-order valence-corrected chi connectivity index (χ1v) is 4.23. The molecule has 1 aliphatic rings. The van der Waals surface area contributed by atoms with Gasteiger partial charge in [0.25, 0.3) is 0 Å². The Morgan fingerprint density at radius 2 is 2.10 bits per heavy atom. The van der Waals surface area contributed by atoms with E-state index in [9.17, 15) is 0 Å². The molecule has 0 aromatic rings. The Bertz CT molecular complexity index is 123. The van der Waals surface area contributed by atoms with E-state index in [0.717, 1.165) is 13.1 Å². The SMILES string of the molecule is CCN(CC)C1=[C]CCC1. The van der Waals surface area contributed by atoms with Gasteiger partial charge in [0, 0.05) is 18.8 Å². The fourth-order valence-corrected chi connectivity index (χ4v) is 1.45. The van der Waals surface area contributed by atoms with Crippen molar-refractivity contribution in [1.82, 2.24) is 4.90 Å². The standard InChI is InChI=1S/C9H16N/c1-3-10(4-2)9-7-5-6-8-9/h3-7H2,1-2H3. The number of rotatable bonds is 3. The van der Waals surface area contributed by atoms with Crippen LogP contribution in [0, 0.1) is 6.08 Å². The largest absolute Gasteiger partial charge is 0.375 e. The summed E-state index contributed by atoms with van der Waals surface area (Å²) in [5.74, 6) is 0. The lowest BCUT2D eigenvalue weighted by Crippen LogP contribution is -2.20. The molecule has 0 aromatic heterocycles. The zero-order valence-corrected chi connectivity index (χ0v) is 6.98. The van der Waals surface area contributed by atoms with E-state index in [1.807, 2.05) is 0 Å². The van der Waals surface area contributed by atoms with Gasteiger partial charge in [-0.15, -0.1) is 0 Å². The van der Waals surface area contributed by atoms with Crippen molar-refractivity contribution in [3.63, 3.8) is 0 Å². The van der Waals surface area contributed by atoms with Crippen LogP contribution >= 0.6 is 0 Å². The van der Waals surface area contributed by atoms with Gasteiger partial charge in [-0.1, -0.05) is 0 Å². The molecule has 0 atom stereocenters. The zero-order chi connectivity index (χ0) is 7.40. The monoisotopic (exact) mass is 138 g/mol. The highest BCUT2D eigenvalue weighted by Crippen LogP contribution is 2.19. The van der Waals surface area contributed by atoms with E-state index >= 15 is 0 Å². The molecule has 0 fully saturated rings. The molecule has 0 bridgehead atoms. The lowest BCUT2D eigenvalue weighted by molar-refractivity contribution is 0.372. The zero-order valence-electron chi connectivity index (χ0n) is 6.98. The van der Waals surface area contributed by atoms with Gasteiger partial charge in [0.15, 0.2) is 0 Å². The minimum atomic E-state index is 1.14. The smallest absolute Gasteiger partial charge is 0.0168 e. The molecule has 1 rings (SSSR count). The van der Waals surface area contributed by atoms with Crippen LogP contribution in [0.1, 0.15) is 33.1 Å². The van der Waals surface area contributed by atoms with Crippen molar-refractivity contribution in [2.24, 2.45) is 0 Å². The molecule has 0 saturated carbocycles. The third kappa shape index (κ3) is 1.53. The first-order chi connectivity index (χ1) is 4.88. The normalized spacial score (nSPS) is 17.2. The van der Waals surface area contributed by atoms with Crippen LogP contribution in [0.15, 0.2) is 5.70 Å². The average molecular weight is 138 g/mol. The minimum absolute atomic E-state index is 1.14. The van der Waals surface area contributed by atoms with Crippen LogP contribution in [0.4, 0.5) is 0 Å². The quantitative estimate of drug-likeness (QED) is 0.578. The molecule has 1 nitrogen and oxygen atoms in total. The molecule has 57 valence electrons. The Morgan fingerprint density at radius 3 is 2.50 bits per heavy atom. The van der Waals surface area contributed by atoms with Crippen LogP contribution < -0.4 is 0 Å². The summed E-state index contributed by atoms with van der Waals surface area (Å²) in [6.45, 7) is 6.69. The molecule has 0 N–H and O–H groups in total. The Balaban J connectivity index is 2.44. The molecular formula is C9H16N. The molecule has 0 unspecified atom stereocenters. The van der Waals surface area contributed by atoms with Crippen LogP contribution in [0.3, 0.4) is 0 Å². The van der Waals surface area contributed by atoms with Gasteiger partial charge in [-0.25, -0.2) is 0 Å². The molecule has 10 heavy (non-hydrogen) atoms.